The number of carbonyl (C=O) groups is 1. The molecule has 0 aromatic heterocycles. The second-order valence-corrected chi connectivity index (χ2v) is 7.38. The van der Waals surface area contributed by atoms with Gasteiger partial charge in [-0.15, -0.1) is 24.0 Å². The zero-order chi connectivity index (χ0) is 19.1. The number of nitrogens with one attached hydrogen (secondary N) is 2. The van der Waals surface area contributed by atoms with Crippen LogP contribution >= 0.6 is 24.0 Å². The summed E-state index contributed by atoms with van der Waals surface area (Å²) in [4.78, 5) is 18.1. The fourth-order valence-corrected chi connectivity index (χ4v) is 3.33. The van der Waals surface area contributed by atoms with E-state index in [1.54, 1.807) is 19.0 Å². The summed E-state index contributed by atoms with van der Waals surface area (Å²) >= 11 is 0. The standard InChI is InChI=1S/C20H30N4O3.HI/c1-24(2)19(25)13-23-20(21-11-15-6-4-3-5-7-15)22-12-16-8-9-17-18(10-16)27-14-26-17;/h8-10,15H,3-7,11-14H2,1-2H3,(H2,21,22,23);1H. The number of aliphatic imine (C=N–C) groups is 1. The minimum Gasteiger partial charge on any atom is -0.454 e. The summed E-state index contributed by atoms with van der Waals surface area (Å²) in [6.45, 7) is 1.89. The lowest BCUT2D eigenvalue weighted by atomic mass is 9.89. The van der Waals surface area contributed by atoms with Crippen LogP contribution in [-0.2, 0) is 11.3 Å². The molecule has 1 aromatic rings. The number of likely N-dealkylation sites (N-methyl/N-ethyl adjacent to an activating group) is 1. The van der Waals surface area contributed by atoms with Crippen LogP contribution in [0, 0.1) is 5.92 Å². The minimum absolute atomic E-state index is 0. The monoisotopic (exact) mass is 502 g/mol. The van der Waals surface area contributed by atoms with Gasteiger partial charge in [0.1, 0.15) is 0 Å². The molecule has 8 heteroatoms. The third-order valence-electron chi connectivity index (χ3n) is 5.05. The highest BCUT2D eigenvalue weighted by Gasteiger charge is 2.15. The lowest BCUT2D eigenvalue weighted by Crippen LogP contribution is -2.44. The quantitative estimate of drug-likeness (QED) is 0.356. The number of carbonyl (C=O) groups excluding carboxylic acids is 1. The zero-order valence-corrected chi connectivity index (χ0v) is 19.0. The highest BCUT2D eigenvalue weighted by Crippen LogP contribution is 2.32. The molecule has 3 rings (SSSR count). The minimum atomic E-state index is 0. The Balaban J connectivity index is 0.00000280. The smallest absolute Gasteiger partial charge is 0.241 e. The molecule has 1 saturated carbocycles. The number of fused-ring (bicyclic) bond motifs is 1. The molecular weight excluding hydrogens is 471 g/mol. The van der Waals surface area contributed by atoms with E-state index in [9.17, 15) is 4.79 Å². The van der Waals surface area contributed by atoms with Crippen molar-refractivity contribution in [3.8, 4) is 11.5 Å². The molecule has 1 aliphatic carbocycles. The third kappa shape index (κ3) is 6.72. The van der Waals surface area contributed by atoms with Crippen LogP contribution in [0.1, 0.15) is 37.7 Å². The molecule has 0 saturated heterocycles. The fourth-order valence-electron chi connectivity index (χ4n) is 3.33. The van der Waals surface area contributed by atoms with Crippen LogP contribution in [0.2, 0.25) is 0 Å². The van der Waals surface area contributed by atoms with Crippen LogP contribution in [0.25, 0.3) is 0 Å². The Morgan fingerprint density at radius 1 is 1.14 bits per heavy atom. The largest absolute Gasteiger partial charge is 0.454 e. The van der Waals surface area contributed by atoms with Crippen LogP contribution in [0.3, 0.4) is 0 Å². The van der Waals surface area contributed by atoms with E-state index >= 15 is 0 Å². The van der Waals surface area contributed by atoms with Crippen molar-refractivity contribution in [2.75, 3.05) is 34.0 Å². The van der Waals surface area contributed by atoms with Gasteiger partial charge in [-0.05, 0) is 36.5 Å². The van der Waals surface area contributed by atoms with Crippen LogP contribution in [0.15, 0.2) is 23.2 Å². The molecule has 7 nitrogen and oxygen atoms in total. The lowest BCUT2D eigenvalue weighted by Gasteiger charge is -2.23. The normalized spacial score (nSPS) is 16.3. The van der Waals surface area contributed by atoms with E-state index in [0.29, 0.717) is 18.4 Å². The number of halogens is 1. The van der Waals surface area contributed by atoms with Crippen molar-refractivity contribution in [3.63, 3.8) is 0 Å². The van der Waals surface area contributed by atoms with Crippen molar-refractivity contribution in [2.45, 2.75) is 38.6 Å². The first-order valence-corrected chi connectivity index (χ1v) is 9.72. The van der Waals surface area contributed by atoms with E-state index in [-0.39, 0.29) is 43.2 Å². The number of ether oxygens (including phenoxy) is 2. The lowest BCUT2D eigenvalue weighted by molar-refractivity contribution is -0.127. The zero-order valence-electron chi connectivity index (χ0n) is 16.7. The Morgan fingerprint density at radius 2 is 1.89 bits per heavy atom. The number of hydrogen-bond acceptors (Lipinski definition) is 4. The first-order chi connectivity index (χ1) is 13.1. The molecule has 0 radical (unpaired) electrons. The van der Waals surface area contributed by atoms with E-state index in [0.717, 1.165) is 23.6 Å². The van der Waals surface area contributed by atoms with E-state index in [1.807, 2.05) is 18.2 Å². The van der Waals surface area contributed by atoms with Gasteiger partial charge in [0, 0.05) is 20.6 Å². The molecule has 156 valence electrons. The average molecular weight is 502 g/mol. The highest BCUT2D eigenvalue weighted by molar-refractivity contribution is 14.0. The summed E-state index contributed by atoms with van der Waals surface area (Å²) in [7, 11) is 3.51. The van der Waals surface area contributed by atoms with Gasteiger partial charge in [-0.2, -0.15) is 0 Å². The Bertz CT molecular complexity index is 675. The molecular formula is C20H31IN4O3. The molecule has 2 N–H and O–H groups in total. The van der Waals surface area contributed by atoms with Crippen LogP contribution < -0.4 is 20.1 Å². The Labute approximate surface area is 184 Å². The van der Waals surface area contributed by atoms with E-state index in [4.69, 9.17) is 9.47 Å². The van der Waals surface area contributed by atoms with Gasteiger partial charge in [0.2, 0.25) is 12.7 Å². The predicted octanol–water partition coefficient (Wildman–Crippen LogP) is 2.74. The third-order valence-corrected chi connectivity index (χ3v) is 5.05. The molecule has 0 unspecified atom stereocenters. The van der Waals surface area contributed by atoms with Crippen LogP contribution in [0.5, 0.6) is 11.5 Å². The number of amides is 1. The first kappa shape index (κ1) is 22.6. The van der Waals surface area contributed by atoms with Gasteiger partial charge in [0.05, 0.1) is 13.1 Å². The Hall–Kier alpha value is -1.71. The number of rotatable bonds is 6. The molecule has 1 aromatic carbocycles. The maximum Gasteiger partial charge on any atom is 0.241 e. The summed E-state index contributed by atoms with van der Waals surface area (Å²) in [6, 6.07) is 5.85. The predicted molar refractivity (Wildman–Crippen MR) is 120 cm³/mol. The van der Waals surface area contributed by atoms with Crippen molar-refractivity contribution in [1.29, 1.82) is 0 Å². The highest BCUT2D eigenvalue weighted by atomic mass is 127. The number of guanidine groups is 1. The summed E-state index contributed by atoms with van der Waals surface area (Å²) in [5.41, 5.74) is 1.04. The van der Waals surface area contributed by atoms with Crippen molar-refractivity contribution >= 4 is 35.8 Å². The van der Waals surface area contributed by atoms with Crippen molar-refractivity contribution in [2.24, 2.45) is 10.9 Å². The molecule has 28 heavy (non-hydrogen) atoms. The van der Waals surface area contributed by atoms with Gasteiger partial charge in [0.15, 0.2) is 17.5 Å². The second kappa shape index (κ2) is 11.3. The number of hydrogen-bond donors (Lipinski definition) is 2. The SMILES string of the molecule is CN(C)C(=O)CNC(=NCc1ccc2c(c1)OCO2)NCC1CCCCC1.I. The van der Waals surface area contributed by atoms with Crippen LogP contribution in [-0.4, -0.2) is 50.7 Å². The summed E-state index contributed by atoms with van der Waals surface area (Å²) in [6.07, 6.45) is 6.49. The summed E-state index contributed by atoms with van der Waals surface area (Å²) in [5, 5.41) is 6.57. The molecule has 2 aliphatic rings. The Kier molecular flexibility index (Phi) is 9.14. The molecule has 1 heterocycles. The van der Waals surface area contributed by atoms with E-state index < -0.39 is 0 Å². The topological polar surface area (TPSA) is 75.2 Å². The second-order valence-electron chi connectivity index (χ2n) is 7.38. The van der Waals surface area contributed by atoms with E-state index in [1.165, 1.54) is 32.1 Å². The van der Waals surface area contributed by atoms with Gasteiger partial charge < -0.3 is 25.0 Å². The number of nitrogens with zero attached hydrogens (tertiary/aromatic N) is 2. The van der Waals surface area contributed by atoms with Crippen molar-refractivity contribution in [1.82, 2.24) is 15.5 Å². The van der Waals surface area contributed by atoms with Gasteiger partial charge in [0.25, 0.3) is 0 Å². The Morgan fingerprint density at radius 3 is 2.64 bits per heavy atom. The first-order valence-electron chi connectivity index (χ1n) is 9.72. The van der Waals surface area contributed by atoms with Gasteiger partial charge in [-0.1, -0.05) is 25.3 Å². The number of benzene rings is 1. The molecule has 1 aliphatic heterocycles. The van der Waals surface area contributed by atoms with Crippen LogP contribution in [0.4, 0.5) is 0 Å². The maximum atomic E-state index is 11.9. The van der Waals surface area contributed by atoms with Gasteiger partial charge >= 0.3 is 0 Å². The average Bonchev–Trinajstić information content (AvgIpc) is 3.15. The van der Waals surface area contributed by atoms with E-state index in [2.05, 4.69) is 15.6 Å². The van der Waals surface area contributed by atoms with Crippen molar-refractivity contribution < 1.29 is 14.3 Å². The summed E-state index contributed by atoms with van der Waals surface area (Å²) < 4.78 is 10.8. The van der Waals surface area contributed by atoms with Gasteiger partial charge in [-0.3, -0.25) is 4.79 Å². The van der Waals surface area contributed by atoms with Crippen molar-refractivity contribution in [3.05, 3.63) is 23.8 Å². The van der Waals surface area contributed by atoms with Gasteiger partial charge in [-0.25, -0.2) is 4.99 Å². The molecule has 1 fully saturated rings. The summed E-state index contributed by atoms with van der Waals surface area (Å²) in [5.74, 6) is 2.91. The molecule has 0 atom stereocenters. The molecule has 0 bridgehead atoms. The fraction of sp³-hybridized carbons (Fsp3) is 0.600. The molecule has 0 spiro atoms. The maximum absolute atomic E-state index is 11.9. The molecule has 1 amide bonds.